The largest absolute Gasteiger partial charge is 0.374 e. The first kappa shape index (κ1) is 15.1. The van der Waals surface area contributed by atoms with E-state index in [-0.39, 0.29) is 16.2 Å². The van der Waals surface area contributed by atoms with Gasteiger partial charge in [-0.05, 0) is 54.9 Å². The summed E-state index contributed by atoms with van der Waals surface area (Å²) in [7, 11) is 0. The summed E-state index contributed by atoms with van der Waals surface area (Å²) >= 11 is 3.05. The van der Waals surface area contributed by atoms with Gasteiger partial charge in [0.2, 0.25) is 0 Å². The molecule has 0 saturated heterocycles. The van der Waals surface area contributed by atoms with Crippen LogP contribution in [0.4, 0.5) is 4.39 Å². The first-order valence-electron chi connectivity index (χ1n) is 5.73. The SMILES string of the molecule is CCOC(C)(C)CNC(=O)c1ccc(F)c(Br)c1. The Bertz CT molecular complexity index is 435. The molecule has 1 N–H and O–H groups in total. The molecule has 0 bridgehead atoms. The molecule has 0 heterocycles. The second kappa shape index (κ2) is 6.29. The van der Waals surface area contributed by atoms with Crippen LogP contribution in [-0.4, -0.2) is 24.7 Å². The first-order valence-corrected chi connectivity index (χ1v) is 6.52. The molecule has 0 aliphatic heterocycles. The van der Waals surface area contributed by atoms with E-state index in [0.29, 0.717) is 18.7 Å². The van der Waals surface area contributed by atoms with Crippen molar-refractivity contribution in [1.82, 2.24) is 5.32 Å². The molecule has 0 saturated carbocycles. The lowest BCUT2D eigenvalue weighted by atomic mass is 10.1. The predicted molar refractivity (Wildman–Crippen MR) is 72.1 cm³/mol. The van der Waals surface area contributed by atoms with Crippen molar-refractivity contribution < 1.29 is 13.9 Å². The maximum absolute atomic E-state index is 13.0. The molecule has 0 unspecified atom stereocenters. The normalized spacial score (nSPS) is 11.4. The maximum Gasteiger partial charge on any atom is 0.251 e. The molecular weight excluding hydrogens is 301 g/mol. The molecule has 0 aliphatic carbocycles. The molecule has 0 radical (unpaired) electrons. The highest BCUT2D eigenvalue weighted by Gasteiger charge is 2.19. The summed E-state index contributed by atoms with van der Waals surface area (Å²) in [5.74, 6) is -0.635. The molecule has 1 rings (SSSR count). The molecule has 3 nitrogen and oxygen atoms in total. The minimum absolute atomic E-state index is 0.247. The van der Waals surface area contributed by atoms with Gasteiger partial charge in [0, 0.05) is 18.7 Å². The van der Waals surface area contributed by atoms with Crippen LogP contribution in [-0.2, 0) is 4.74 Å². The zero-order valence-corrected chi connectivity index (χ0v) is 12.3. The van der Waals surface area contributed by atoms with Gasteiger partial charge in [-0.1, -0.05) is 0 Å². The second-order valence-electron chi connectivity index (χ2n) is 4.50. The smallest absolute Gasteiger partial charge is 0.251 e. The topological polar surface area (TPSA) is 38.3 Å². The Hall–Kier alpha value is -0.940. The highest BCUT2D eigenvalue weighted by Crippen LogP contribution is 2.17. The highest BCUT2D eigenvalue weighted by atomic mass is 79.9. The number of amides is 1. The highest BCUT2D eigenvalue weighted by molar-refractivity contribution is 9.10. The summed E-state index contributed by atoms with van der Waals surface area (Å²) in [5, 5.41) is 2.76. The fourth-order valence-corrected chi connectivity index (χ4v) is 1.85. The molecule has 1 aromatic rings. The maximum atomic E-state index is 13.0. The van der Waals surface area contributed by atoms with Crippen LogP contribution in [0.5, 0.6) is 0 Å². The number of nitrogens with one attached hydrogen (secondary N) is 1. The lowest BCUT2D eigenvalue weighted by molar-refractivity contribution is -0.00815. The average molecular weight is 318 g/mol. The van der Waals surface area contributed by atoms with Crippen molar-refractivity contribution >= 4 is 21.8 Å². The van der Waals surface area contributed by atoms with E-state index in [1.807, 2.05) is 20.8 Å². The van der Waals surface area contributed by atoms with Gasteiger partial charge in [0.05, 0.1) is 10.1 Å². The monoisotopic (exact) mass is 317 g/mol. The first-order chi connectivity index (χ1) is 8.35. The van der Waals surface area contributed by atoms with Crippen LogP contribution < -0.4 is 5.32 Å². The standard InChI is InChI=1S/C13H17BrFNO2/c1-4-18-13(2,3)8-16-12(17)9-5-6-11(15)10(14)7-9/h5-7H,4,8H2,1-3H3,(H,16,17). The fourth-order valence-electron chi connectivity index (χ4n) is 1.47. The molecule has 5 heteroatoms. The third-order valence-corrected chi connectivity index (χ3v) is 3.00. The number of carbonyl (C=O) groups excluding carboxylic acids is 1. The number of hydrogen-bond donors (Lipinski definition) is 1. The van der Waals surface area contributed by atoms with Gasteiger partial charge in [0.15, 0.2) is 0 Å². The number of carbonyl (C=O) groups is 1. The lowest BCUT2D eigenvalue weighted by Crippen LogP contribution is -2.40. The Morgan fingerprint density at radius 2 is 2.17 bits per heavy atom. The van der Waals surface area contributed by atoms with Gasteiger partial charge in [-0.3, -0.25) is 4.79 Å². The van der Waals surface area contributed by atoms with E-state index < -0.39 is 5.60 Å². The van der Waals surface area contributed by atoms with Gasteiger partial charge in [-0.25, -0.2) is 4.39 Å². The van der Waals surface area contributed by atoms with E-state index in [0.717, 1.165) is 0 Å². The molecular formula is C13H17BrFNO2. The van der Waals surface area contributed by atoms with E-state index in [1.165, 1.54) is 18.2 Å². The van der Waals surface area contributed by atoms with Crippen molar-refractivity contribution in [1.29, 1.82) is 0 Å². The van der Waals surface area contributed by atoms with Crippen LogP contribution in [0, 0.1) is 5.82 Å². The summed E-state index contributed by atoms with van der Waals surface area (Å²) in [6.45, 7) is 6.69. The number of benzene rings is 1. The Kier molecular flexibility index (Phi) is 5.28. The Labute approximate surface area is 115 Å². The summed E-state index contributed by atoms with van der Waals surface area (Å²) in [5.41, 5.74) is -0.00244. The van der Waals surface area contributed by atoms with Crippen molar-refractivity contribution in [3.8, 4) is 0 Å². The van der Waals surface area contributed by atoms with Crippen molar-refractivity contribution in [3.63, 3.8) is 0 Å². The van der Waals surface area contributed by atoms with Gasteiger partial charge in [0.25, 0.3) is 5.91 Å². The Morgan fingerprint density at radius 3 is 2.72 bits per heavy atom. The molecule has 100 valence electrons. The van der Waals surface area contributed by atoms with Gasteiger partial charge in [-0.2, -0.15) is 0 Å². The molecule has 1 amide bonds. The third-order valence-electron chi connectivity index (χ3n) is 2.39. The van der Waals surface area contributed by atoms with Crippen LogP contribution in [0.3, 0.4) is 0 Å². The molecule has 18 heavy (non-hydrogen) atoms. The Morgan fingerprint density at radius 1 is 1.50 bits per heavy atom. The number of halogens is 2. The molecule has 0 atom stereocenters. The van der Waals surface area contributed by atoms with Gasteiger partial charge in [0.1, 0.15) is 5.82 Å². The van der Waals surface area contributed by atoms with Crippen LogP contribution in [0.15, 0.2) is 22.7 Å². The number of rotatable bonds is 5. The van der Waals surface area contributed by atoms with Gasteiger partial charge >= 0.3 is 0 Å². The zero-order chi connectivity index (χ0) is 13.8. The van der Waals surface area contributed by atoms with E-state index in [1.54, 1.807) is 0 Å². The molecule has 1 aromatic carbocycles. The predicted octanol–water partition coefficient (Wildman–Crippen LogP) is 3.13. The second-order valence-corrected chi connectivity index (χ2v) is 5.36. The fraction of sp³-hybridized carbons (Fsp3) is 0.462. The molecule has 0 aromatic heterocycles. The lowest BCUT2D eigenvalue weighted by Gasteiger charge is -2.24. The van der Waals surface area contributed by atoms with Crippen LogP contribution in [0.1, 0.15) is 31.1 Å². The van der Waals surface area contributed by atoms with E-state index >= 15 is 0 Å². The summed E-state index contributed by atoms with van der Waals surface area (Å²) in [4.78, 5) is 11.8. The van der Waals surface area contributed by atoms with Crippen molar-refractivity contribution in [3.05, 3.63) is 34.1 Å². The molecule has 0 spiro atoms. The van der Waals surface area contributed by atoms with Crippen LogP contribution in [0.25, 0.3) is 0 Å². The van der Waals surface area contributed by atoms with Gasteiger partial charge in [-0.15, -0.1) is 0 Å². The van der Waals surface area contributed by atoms with Crippen LogP contribution in [0.2, 0.25) is 0 Å². The number of hydrogen-bond acceptors (Lipinski definition) is 2. The van der Waals surface area contributed by atoms with E-state index in [9.17, 15) is 9.18 Å². The van der Waals surface area contributed by atoms with E-state index in [4.69, 9.17) is 4.74 Å². The molecule has 0 fully saturated rings. The quantitative estimate of drug-likeness (QED) is 0.906. The number of ether oxygens (including phenoxy) is 1. The van der Waals surface area contributed by atoms with Crippen molar-refractivity contribution in [2.24, 2.45) is 0 Å². The molecule has 0 aliphatic rings. The van der Waals surface area contributed by atoms with E-state index in [2.05, 4.69) is 21.2 Å². The summed E-state index contributed by atoms with van der Waals surface area (Å²) < 4.78 is 18.8. The minimum Gasteiger partial charge on any atom is -0.374 e. The zero-order valence-electron chi connectivity index (χ0n) is 10.7. The van der Waals surface area contributed by atoms with Gasteiger partial charge < -0.3 is 10.1 Å². The average Bonchev–Trinajstić information content (AvgIpc) is 2.30. The summed E-state index contributed by atoms with van der Waals surface area (Å²) in [6.07, 6.45) is 0. The third kappa shape index (κ3) is 4.38. The van der Waals surface area contributed by atoms with Crippen LogP contribution >= 0.6 is 15.9 Å². The van der Waals surface area contributed by atoms with Crippen molar-refractivity contribution in [2.75, 3.05) is 13.2 Å². The minimum atomic E-state index is -0.415. The summed E-state index contributed by atoms with van der Waals surface area (Å²) in [6, 6.07) is 4.16. The Balaban J connectivity index is 2.63. The van der Waals surface area contributed by atoms with Crippen molar-refractivity contribution in [2.45, 2.75) is 26.4 Å².